The molecule has 0 fully saturated rings. The van der Waals surface area contributed by atoms with Crippen molar-refractivity contribution in [3.05, 3.63) is 65.2 Å². The second-order valence-corrected chi connectivity index (χ2v) is 10.3. The summed E-state index contributed by atoms with van der Waals surface area (Å²) in [6.07, 6.45) is 1.57. The SMILES string of the molecule is CC(C)NC(=O)C(C)N(CCc1ccccc1)C(=O)CN(c1ccc(Cl)cc1)S(C)(=O)=O. The van der Waals surface area contributed by atoms with Crippen molar-refractivity contribution >= 4 is 39.1 Å². The smallest absolute Gasteiger partial charge is 0.244 e. The number of hydrogen-bond donors (Lipinski definition) is 1. The number of halogens is 1. The molecule has 1 N–H and O–H groups in total. The molecule has 0 bridgehead atoms. The predicted molar refractivity (Wildman–Crippen MR) is 128 cm³/mol. The summed E-state index contributed by atoms with van der Waals surface area (Å²) >= 11 is 5.92. The van der Waals surface area contributed by atoms with Gasteiger partial charge in [-0.3, -0.25) is 13.9 Å². The maximum Gasteiger partial charge on any atom is 0.244 e. The third-order valence-corrected chi connectivity index (χ3v) is 6.27. The zero-order valence-electron chi connectivity index (χ0n) is 18.8. The molecule has 2 aromatic rings. The van der Waals surface area contributed by atoms with Crippen molar-refractivity contribution in [3.63, 3.8) is 0 Å². The molecule has 1 unspecified atom stereocenters. The Kier molecular flexibility index (Phi) is 9.09. The Morgan fingerprint density at radius 1 is 1.00 bits per heavy atom. The summed E-state index contributed by atoms with van der Waals surface area (Å²) in [5, 5.41) is 3.27. The van der Waals surface area contributed by atoms with Crippen LogP contribution in [0.5, 0.6) is 0 Å². The lowest BCUT2D eigenvalue weighted by atomic mass is 10.1. The van der Waals surface area contributed by atoms with Gasteiger partial charge in [0.1, 0.15) is 12.6 Å². The molecule has 1 atom stereocenters. The average molecular weight is 480 g/mol. The number of sulfonamides is 1. The largest absolute Gasteiger partial charge is 0.352 e. The average Bonchev–Trinajstić information content (AvgIpc) is 2.72. The van der Waals surface area contributed by atoms with Crippen LogP contribution in [0.1, 0.15) is 26.3 Å². The Morgan fingerprint density at radius 3 is 2.12 bits per heavy atom. The van der Waals surface area contributed by atoms with Crippen LogP contribution in [0.15, 0.2) is 54.6 Å². The minimum absolute atomic E-state index is 0.0855. The molecule has 2 rings (SSSR count). The van der Waals surface area contributed by atoms with Crippen molar-refractivity contribution in [2.75, 3.05) is 23.7 Å². The molecule has 0 aliphatic heterocycles. The summed E-state index contributed by atoms with van der Waals surface area (Å²) in [5.41, 5.74) is 1.34. The summed E-state index contributed by atoms with van der Waals surface area (Å²) < 4.78 is 25.9. The van der Waals surface area contributed by atoms with Crippen LogP contribution in [0.3, 0.4) is 0 Å². The van der Waals surface area contributed by atoms with Gasteiger partial charge >= 0.3 is 0 Å². The minimum atomic E-state index is -3.75. The quantitative estimate of drug-likeness (QED) is 0.567. The van der Waals surface area contributed by atoms with Crippen LogP contribution in [0.2, 0.25) is 5.02 Å². The van der Waals surface area contributed by atoms with E-state index in [4.69, 9.17) is 11.6 Å². The Hall–Kier alpha value is -2.58. The van der Waals surface area contributed by atoms with Gasteiger partial charge in [0.15, 0.2) is 0 Å². The Balaban J connectivity index is 2.29. The molecule has 9 heteroatoms. The number of amides is 2. The van der Waals surface area contributed by atoms with E-state index < -0.39 is 28.5 Å². The molecule has 7 nitrogen and oxygen atoms in total. The highest BCUT2D eigenvalue weighted by molar-refractivity contribution is 7.92. The lowest BCUT2D eigenvalue weighted by Gasteiger charge is -2.31. The first-order valence-electron chi connectivity index (χ1n) is 10.4. The topological polar surface area (TPSA) is 86.8 Å². The molecule has 32 heavy (non-hydrogen) atoms. The molecular formula is C23H30ClN3O4S. The number of nitrogens with one attached hydrogen (secondary N) is 1. The maximum absolute atomic E-state index is 13.3. The van der Waals surface area contributed by atoms with E-state index in [1.165, 1.54) is 4.90 Å². The van der Waals surface area contributed by atoms with Crippen molar-refractivity contribution in [2.24, 2.45) is 0 Å². The van der Waals surface area contributed by atoms with Gasteiger partial charge in [-0.05, 0) is 57.0 Å². The van der Waals surface area contributed by atoms with E-state index in [-0.39, 0.29) is 18.5 Å². The summed E-state index contributed by atoms with van der Waals surface area (Å²) in [7, 11) is -3.75. The number of carbonyl (C=O) groups excluding carboxylic acids is 2. The fourth-order valence-electron chi connectivity index (χ4n) is 3.20. The lowest BCUT2D eigenvalue weighted by Crippen LogP contribution is -2.53. The zero-order chi connectivity index (χ0) is 23.9. The fraction of sp³-hybridized carbons (Fsp3) is 0.391. The number of hydrogen-bond acceptors (Lipinski definition) is 4. The molecule has 0 aliphatic carbocycles. The van der Waals surface area contributed by atoms with Crippen molar-refractivity contribution in [3.8, 4) is 0 Å². The summed E-state index contributed by atoms with van der Waals surface area (Å²) in [6, 6.07) is 15.0. The van der Waals surface area contributed by atoms with E-state index in [1.54, 1.807) is 31.2 Å². The number of anilines is 1. The minimum Gasteiger partial charge on any atom is -0.352 e. The first-order valence-corrected chi connectivity index (χ1v) is 12.6. The first-order chi connectivity index (χ1) is 15.0. The van der Waals surface area contributed by atoms with Gasteiger partial charge < -0.3 is 10.2 Å². The second-order valence-electron chi connectivity index (χ2n) is 7.91. The molecular weight excluding hydrogens is 450 g/mol. The van der Waals surface area contributed by atoms with E-state index >= 15 is 0 Å². The van der Waals surface area contributed by atoms with E-state index in [1.807, 2.05) is 44.2 Å². The Labute approximate surface area is 195 Å². The number of nitrogens with zero attached hydrogens (tertiary/aromatic N) is 2. The van der Waals surface area contributed by atoms with Gasteiger partial charge in [0.05, 0.1) is 11.9 Å². The molecule has 0 aliphatic rings. The van der Waals surface area contributed by atoms with E-state index in [9.17, 15) is 18.0 Å². The molecule has 2 amide bonds. The van der Waals surface area contributed by atoms with Crippen LogP contribution in [0.4, 0.5) is 5.69 Å². The highest BCUT2D eigenvalue weighted by Gasteiger charge is 2.29. The first kappa shape index (κ1) is 25.7. The van der Waals surface area contributed by atoms with Gasteiger partial charge in [-0.25, -0.2) is 8.42 Å². The number of benzene rings is 2. The molecule has 0 spiro atoms. The van der Waals surface area contributed by atoms with E-state index in [0.29, 0.717) is 17.1 Å². The van der Waals surface area contributed by atoms with E-state index in [2.05, 4.69) is 5.32 Å². The summed E-state index contributed by atoms with van der Waals surface area (Å²) in [5.74, 6) is -0.758. The standard InChI is InChI=1S/C23H30ClN3O4S/c1-17(2)25-23(29)18(3)26(15-14-19-8-6-5-7-9-19)22(28)16-27(32(4,30)31)21-12-10-20(24)11-13-21/h5-13,17-18H,14-16H2,1-4H3,(H,25,29). The lowest BCUT2D eigenvalue weighted by molar-refractivity contribution is -0.139. The van der Waals surface area contributed by atoms with Crippen LogP contribution in [-0.2, 0) is 26.0 Å². The predicted octanol–water partition coefficient (Wildman–Crippen LogP) is 3.09. The van der Waals surface area contributed by atoms with Crippen molar-refractivity contribution in [2.45, 2.75) is 39.3 Å². The fourth-order valence-corrected chi connectivity index (χ4v) is 4.17. The van der Waals surface area contributed by atoms with Crippen LogP contribution in [0, 0.1) is 0 Å². The molecule has 0 heterocycles. The van der Waals surface area contributed by atoms with Gasteiger partial charge in [-0.15, -0.1) is 0 Å². The van der Waals surface area contributed by atoms with Gasteiger partial charge in [-0.1, -0.05) is 41.9 Å². The van der Waals surface area contributed by atoms with Crippen molar-refractivity contribution in [1.29, 1.82) is 0 Å². The molecule has 0 saturated carbocycles. The van der Waals surface area contributed by atoms with Crippen LogP contribution < -0.4 is 9.62 Å². The van der Waals surface area contributed by atoms with Gasteiger partial charge in [-0.2, -0.15) is 0 Å². The van der Waals surface area contributed by atoms with Crippen molar-refractivity contribution in [1.82, 2.24) is 10.2 Å². The number of carbonyl (C=O) groups is 2. The molecule has 0 aromatic heterocycles. The Bertz CT molecular complexity index is 1010. The normalized spacial score (nSPS) is 12.3. The van der Waals surface area contributed by atoms with Crippen LogP contribution in [-0.4, -0.2) is 56.6 Å². The molecule has 2 aromatic carbocycles. The summed E-state index contributed by atoms with van der Waals surface area (Å²) in [4.78, 5) is 27.4. The van der Waals surface area contributed by atoms with E-state index in [0.717, 1.165) is 16.1 Å². The monoisotopic (exact) mass is 479 g/mol. The van der Waals surface area contributed by atoms with Crippen molar-refractivity contribution < 1.29 is 18.0 Å². The molecule has 0 saturated heterocycles. The maximum atomic E-state index is 13.3. The zero-order valence-corrected chi connectivity index (χ0v) is 20.4. The Morgan fingerprint density at radius 2 is 1.59 bits per heavy atom. The summed E-state index contributed by atoms with van der Waals surface area (Å²) in [6.45, 7) is 5.18. The molecule has 174 valence electrons. The van der Waals surface area contributed by atoms with Crippen LogP contribution >= 0.6 is 11.6 Å². The van der Waals surface area contributed by atoms with Gasteiger partial charge in [0, 0.05) is 17.6 Å². The van der Waals surface area contributed by atoms with Gasteiger partial charge in [0.25, 0.3) is 0 Å². The third-order valence-electron chi connectivity index (χ3n) is 4.88. The highest BCUT2D eigenvalue weighted by atomic mass is 35.5. The van der Waals surface area contributed by atoms with Gasteiger partial charge in [0.2, 0.25) is 21.8 Å². The highest BCUT2D eigenvalue weighted by Crippen LogP contribution is 2.21. The molecule has 0 radical (unpaired) electrons. The third kappa shape index (κ3) is 7.53. The van der Waals surface area contributed by atoms with Crippen LogP contribution in [0.25, 0.3) is 0 Å². The second kappa shape index (κ2) is 11.3. The number of rotatable bonds is 10.